The number of rotatable bonds is 3. The molecule has 8 heteroatoms. The molecule has 1 aromatic carbocycles. The molecule has 0 bridgehead atoms. The van der Waals surface area contributed by atoms with Crippen LogP contribution in [-0.2, 0) is 4.79 Å². The molecular formula is C13H17BrClF2N3O. The molecule has 21 heavy (non-hydrogen) atoms. The number of nitrogens with zero attached hydrogens (tertiary/aromatic N) is 1. The first-order valence-corrected chi connectivity index (χ1v) is 7.17. The summed E-state index contributed by atoms with van der Waals surface area (Å²) in [6.07, 6.45) is 1.70. The lowest BCUT2D eigenvalue weighted by Crippen LogP contribution is -2.43. The predicted molar refractivity (Wildman–Crippen MR) is 83.6 cm³/mol. The Hall–Kier alpha value is -0.760. The third-order valence-corrected chi connectivity index (χ3v) is 3.90. The van der Waals surface area contributed by atoms with E-state index in [4.69, 9.17) is 5.73 Å². The van der Waals surface area contributed by atoms with E-state index in [1.807, 2.05) is 4.90 Å². The second kappa shape index (κ2) is 8.03. The number of nitrogens with one attached hydrogen (secondary N) is 1. The molecule has 1 heterocycles. The van der Waals surface area contributed by atoms with Crippen molar-refractivity contribution in [2.24, 2.45) is 5.73 Å². The number of halogens is 4. The first kappa shape index (κ1) is 18.3. The lowest BCUT2D eigenvalue weighted by Gasteiger charge is -2.29. The molecule has 1 aliphatic heterocycles. The number of hydrogen-bond donors (Lipinski definition) is 2. The Labute approximate surface area is 136 Å². The summed E-state index contributed by atoms with van der Waals surface area (Å²) in [5, 5.41) is 2.46. The molecule has 2 rings (SSSR count). The average Bonchev–Trinajstić information content (AvgIpc) is 2.36. The maximum atomic E-state index is 13.6. The molecule has 0 aromatic heterocycles. The van der Waals surface area contributed by atoms with Crippen LogP contribution in [0.2, 0.25) is 0 Å². The number of carbonyl (C=O) groups excluding carboxylic acids is 1. The molecule has 0 saturated carbocycles. The van der Waals surface area contributed by atoms with Gasteiger partial charge in [-0.25, -0.2) is 8.78 Å². The predicted octanol–water partition coefficient (Wildman–Crippen LogP) is 2.51. The Kier molecular flexibility index (Phi) is 6.99. The van der Waals surface area contributed by atoms with Gasteiger partial charge in [0.25, 0.3) is 0 Å². The van der Waals surface area contributed by atoms with E-state index < -0.39 is 11.6 Å². The first-order valence-electron chi connectivity index (χ1n) is 6.38. The molecule has 0 spiro atoms. The van der Waals surface area contributed by atoms with Gasteiger partial charge in [-0.15, -0.1) is 12.4 Å². The molecule has 1 aliphatic rings. The third kappa shape index (κ3) is 5.18. The molecule has 4 nitrogen and oxygen atoms in total. The van der Waals surface area contributed by atoms with Crippen molar-refractivity contribution in [1.82, 2.24) is 4.90 Å². The second-order valence-electron chi connectivity index (χ2n) is 4.91. The zero-order chi connectivity index (χ0) is 14.7. The Morgan fingerprint density at radius 2 is 2.00 bits per heavy atom. The van der Waals surface area contributed by atoms with Gasteiger partial charge in [-0.2, -0.15) is 0 Å². The van der Waals surface area contributed by atoms with Crippen molar-refractivity contribution in [3.05, 3.63) is 28.2 Å². The van der Waals surface area contributed by atoms with E-state index in [2.05, 4.69) is 21.2 Å². The summed E-state index contributed by atoms with van der Waals surface area (Å²) in [6, 6.07) is 2.04. The Balaban J connectivity index is 0.00000220. The monoisotopic (exact) mass is 383 g/mol. The zero-order valence-corrected chi connectivity index (χ0v) is 13.6. The molecular weight excluding hydrogens is 368 g/mol. The van der Waals surface area contributed by atoms with Crippen molar-refractivity contribution in [3.8, 4) is 0 Å². The molecule has 118 valence electrons. The molecule has 1 amide bonds. The maximum absolute atomic E-state index is 13.6. The molecule has 1 saturated heterocycles. The highest BCUT2D eigenvalue weighted by Crippen LogP contribution is 2.26. The fraction of sp³-hybridized carbons (Fsp3) is 0.462. The van der Waals surface area contributed by atoms with Gasteiger partial charge in [0.1, 0.15) is 5.82 Å². The van der Waals surface area contributed by atoms with E-state index in [1.54, 1.807) is 0 Å². The first-order chi connectivity index (χ1) is 9.45. The lowest BCUT2D eigenvalue weighted by molar-refractivity contribution is -0.117. The number of benzene rings is 1. The normalized spacial score (nSPS) is 16.4. The Morgan fingerprint density at radius 1 is 1.38 bits per heavy atom. The van der Waals surface area contributed by atoms with E-state index in [9.17, 15) is 13.6 Å². The van der Waals surface area contributed by atoms with Crippen LogP contribution in [0.4, 0.5) is 14.5 Å². The summed E-state index contributed by atoms with van der Waals surface area (Å²) in [5.41, 5.74) is 5.75. The smallest absolute Gasteiger partial charge is 0.238 e. The fourth-order valence-electron chi connectivity index (χ4n) is 2.15. The van der Waals surface area contributed by atoms with Gasteiger partial charge in [0, 0.05) is 29.7 Å². The topological polar surface area (TPSA) is 58.4 Å². The van der Waals surface area contributed by atoms with E-state index in [0.29, 0.717) is 0 Å². The number of piperidine rings is 1. The summed E-state index contributed by atoms with van der Waals surface area (Å²) in [4.78, 5) is 13.9. The number of anilines is 1. The van der Waals surface area contributed by atoms with E-state index in [0.717, 1.165) is 38.1 Å². The molecule has 0 atom stereocenters. The van der Waals surface area contributed by atoms with Crippen molar-refractivity contribution in [2.75, 3.05) is 25.0 Å². The van der Waals surface area contributed by atoms with Crippen molar-refractivity contribution < 1.29 is 13.6 Å². The van der Waals surface area contributed by atoms with E-state index in [1.165, 1.54) is 0 Å². The SMILES string of the molecule is Cl.NC1CCN(CC(=O)Nc2c(F)cc(F)cc2Br)CC1. The average molecular weight is 385 g/mol. The van der Waals surface area contributed by atoms with Gasteiger partial charge in [0.2, 0.25) is 5.91 Å². The largest absolute Gasteiger partial charge is 0.328 e. The molecule has 0 aliphatic carbocycles. The van der Waals surface area contributed by atoms with Crippen LogP contribution < -0.4 is 11.1 Å². The second-order valence-corrected chi connectivity index (χ2v) is 5.76. The van der Waals surface area contributed by atoms with Crippen LogP contribution in [0.15, 0.2) is 16.6 Å². The Morgan fingerprint density at radius 3 is 2.57 bits per heavy atom. The highest BCUT2D eigenvalue weighted by atomic mass is 79.9. The molecule has 1 aromatic rings. The van der Waals surface area contributed by atoms with Crippen LogP contribution in [0.5, 0.6) is 0 Å². The maximum Gasteiger partial charge on any atom is 0.238 e. The minimum atomic E-state index is -0.800. The van der Waals surface area contributed by atoms with Crippen LogP contribution in [-0.4, -0.2) is 36.5 Å². The van der Waals surface area contributed by atoms with Crippen LogP contribution in [0, 0.1) is 11.6 Å². The number of hydrogen-bond acceptors (Lipinski definition) is 3. The molecule has 1 fully saturated rings. The van der Waals surface area contributed by atoms with Crippen molar-refractivity contribution in [3.63, 3.8) is 0 Å². The van der Waals surface area contributed by atoms with E-state index in [-0.39, 0.29) is 41.1 Å². The van der Waals surface area contributed by atoms with E-state index >= 15 is 0 Å². The van der Waals surface area contributed by atoms with Crippen LogP contribution in [0.3, 0.4) is 0 Å². The third-order valence-electron chi connectivity index (χ3n) is 3.27. The van der Waals surface area contributed by atoms with Gasteiger partial charge in [-0.05, 0) is 34.8 Å². The Bertz CT molecular complexity index is 487. The number of amides is 1. The van der Waals surface area contributed by atoms with Crippen molar-refractivity contribution >= 4 is 39.9 Å². The summed E-state index contributed by atoms with van der Waals surface area (Å²) in [5.74, 6) is -1.82. The van der Waals surface area contributed by atoms with Gasteiger partial charge in [-0.3, -0.25) is 9.69 Å². The van der Waals surface area contributed by atoms with Gasteiger partial charge >= 0.3 is 0 Å². The number of likely N-dealkylation sites (tertiary alicyclic amines) is 1. The van der Waals surface area contributed by atoms with Crippen LogP contribution >= 0.6 is 28.3 Å². The fourth-order valence-corrected chi connectivity index (χ4v) is 2.66. The number of carbonyl (C=O) groups is 1. The van der Waals surface area contributed by atoms with Crippen LogP contribution in [0.1, 0.15) is 12.8 Å². The minimum Gasteiger partial charge on any atom is -0.328 e. The van der Waals surface area contributed by atoms with Gasteiger partial charge in [0.05, 0.1) is 12.2 Å². The lowest BCUT2D eigenvalue weighted by atomic mass is 10.1. The number of nitrogens with two attached hydrogens (primary N) is 1. The summed E-state index contributed by atoms with van der Waals surface area (Å²) in [6.45, 7) is 1.68. The zero-order valence-electron chi connectivity index (χ0n) is 11.2. The summed E-state index contributed by atoms with van der Waals surface area (Å²) in [7, 11) is 0. The summed E-state index contributed by atoms with van der Waals surface area (Å²) >= 11 is 3.03. The van der Waals surface area contributed by atoms with Gasteiger partial charge in [-0.1, -0.05) is 0 Å². The summed E-state index contributed by atoms with van der Waals surface area (Å²) < 4.78 is 26.7. The van der Waals surface area contributed by atoms with Crippen molar-refractivity contribution in [1.29, 1.82) is 0 Å². The van der Waals surface area contributed by atoms with Crippen molar-refractivity contribution in [2.45, 2.75) is 18.9 Å². The minimum absolute atomic E-state index is 0. The standard InChI is InChI=1S/C13H16BrF2N3O.ClH/c14-10-5-8(15)6-11(16)13(10)18-12(20)7-19-3-1-9(17)2-4-19;/h5-6,9H,1-4,7,17H2,(H,18,20);1H. The van der Waals surface area contributed by atoms with Gasteiger partial charge < -0.3 is 11.1 Å². The van der Waals surface area contributed by atoms with Gasteiger partial charge in [0.15, 0.2) is 5.82 Å². The quantitative estimate of drug-likeness (QED) is 0.842. The molecule has 0 radical (unpaired) electrons. The molecule has 3 N–H and O–H groups in total. The van der Waals surface area contributed by atoms with Crippen LogP contribution in [0.25, 0.3) is 0 Å². The molecule has 0 unspecified atom stereocenters. The highest BCUT2D eigenvalue weighted by molar-refractivity contribution is 9.10. The highest BCUT2D eigenvalue weighted by Gasteiger charge is 2.19.